The molecule has 1 atom stereocenters. The van der Waals surface area contributed by atoms with Gasteiger partial charge in [-0.05, 0) is 44.9 Å². The molecular formula is C10H21N3. The predicted molar refractivity (Wildman–Crippen MR) is 56.7 cm³/mol. The molecule has 0 radical (unpaired) electrons. The first-order valence-electron chi connectivity index (χ1n) is 5.05. The summed E-state index contributed by atoms with van der Waals surface area (Å²) in [7, 11) is 2.00. The Hall–Kier alpha value is -0.410. The van der Waals surface area contributed by atoms with Crippen molar-refractivity contribution in [2.75, 3.05) is 13.6 Å². The lowest BCUT2D eigenvalue weighted by Crippen LogP contribution is -2.39. The van der Waals surface area contributed by atoms with Crippen LogP contribution in [0.2, 0.25) is 0 Å². The maximum absolute atomic E-state index is 5.69. The second kappa shape index (κ2) is 4.72. The summed E-state index contributed by atoms with van der Waals surface area (Å²) < 4.78 is 0. The van der Waals surface area contributed by atoms with Crippen LogP contribution in [0.4, 0.5) is 0 Å². The molecule has 1 unspecified atom stereocenters. The van der Waals surface area contributed by atoms with Crippen molar-refractivity contribution < 1.29 is 0 Å². The zero-order valence-corrected chi connectivity index (χ0v) is 8.74. The van der Waals surface area contributed by atoms with Crippen LogP contribution in [0.15, 0.2) is 4.99 Å². The fourth-order valence-corrected chi connectivity index (χ4v) is 1.96. The van der Waals surface area contributed by atoms with Crippen molar-refractivity contribution in [2.45, 2.75) is 32.5 Å². The Balaban J connectivity index is 2.08. The van der Waals surface area contributed by atoms with Gasteiger partial charge in [0, 0.05) is 6.54 Å². The van der Waals surface area contributed by atoms with Crippen LogP contribution in [0, 0.1) is 11.8 Å². The molecule has 2 N–H and O–H groups in total. The van der Waals surface area contributed by atoms with E-state index in [1.54, 1.807) is 0 Å². The van der Waals surface area contributed by atoms with Gasteiger partial charge in [-0.2, -0.15) is 0 Å². The molecular weight excluding hydrogens is 162 g/mol. The Bertz CT molecular complexity index is 164. The van der Waals surface area contributed by atoms with Crippen LogP contribution in [0.1, 0.15) is 26.2 Å². The average Bonchev–Trinajstić information content (AvgIpc) is 2.08. The van der Waals surface area contributed by atoms with E-state index in [4.69, 9.17) is 5.73 Å². The van der Waals surface area contributed by atoms with E-state index in [0.29, 0.717) is 0 Å². The Kier molecular flexibility index (Phi) is 3.88. The maximum atomic E-state index is 5.69. The Morgan fingerprint density at radius 1 is 1.62 bits per heavy atom. The summed E-state index contributed by atoms with van der Waals surface area (Å²) >= 11 is 0. The van der Waals surface area contributed by atoms with E-state index in [9.17, 15) is 0 Å². The normalized spacial score (nSPS) is 29.8. The van der Waals surface area contributed by atoms with E-state index in [2.05, 4.69) is 23.5 Å². The van der Waals surface area contributed by atoms with Gasteiger partial charge >= 0.3 is 0 Å². The number of nitrogens with two attached hydrogens (primary N) is 1. The second-order valence-corrected chi connectivity index (χ2v) is 4.31. The van der Waals surface area contributed by atoms with Gasteiger partial charge in [0.1, 0.15) is 0 Å². The van der Waals surface area contributed by atoms with Crippen LogP contribution in [-0.4, -0.2) is 31.5 Å². The van der Waals surface area contributed by atoms with Gasteiger partial charge in [0.05, 0.1) is 0 Å². The lowest BCUT2D eigenvalue weighted by atomic mass is 9.74. The summed E-state index contributed by atoms with van der Waals surface area (Å²) in [6.45, 7) is 6.79. The second-order valence-electron chi connectivity index (χ2n) is 4.31. The van der Waals surface area contributed by atoms with Crippen molar-refractivity contribution in [3.8, 4) is 0 Å². The summed E-state index contributed by atoms with van der Waals surface area (Å²) in [4.78, 5) is 5.83. The minimum Gasteiger partial charge on any atom is -0.297 e. The van der Waals surface area contributed by atoms with Gasteiger partial charge in [-0.1, -0.05) is 6.92 Å². The largest absolute Gasteiger partial charge is 0.297 e. The minimum absolute atomic E-state index is 0.225. The molecule has 0 aromatic carbocycles. The van der Waals surface area contributed by atoms with Gasteiger partial charge in [-0.15, -0.1) is 0 Å². The molecule has 1 saturated carbocycles. The van der Waals surface area contributed by atoms with Gasteiger partial charge in [0.15, 0.2) is 6.29 Å². The minimum atomic E-state index is -0.225. The first kappa shape index (κ1) is 10.7. The van der Waals surface area contributed by atoms with Crippen LogP contribution in [-0.2, 0) is 0 Å². The van der Waals surface area contributed by atoms with Crippen molar-refractivity contribution in [2.24, 2.45) is 22.6 Å². The number of aliphatic imine (C=N–C) groups is 1. The molecule has 13 heavy (non-hydrogen) atoms. The molecule has 3 nitrogen and oxygen atoms in total. The lowest BCUT2D eigenvalue weighted by molar-refractivity contribution is 0.161. The Morgan fingerprint density at radius 2 is 2.23 bits per heavy atom. The molecule has 3 heteroatoms. The molecule has 0 aromatic heterocycles. The SMILES string of the molecule is C=NC(N)N(C)CCC1CC(C)C1. The molecule has 0 aliphatic heterocycles. The topological polar surface area (TPSA) is 41.6 Å². The summed E-state index contributed by atoms with van der Waals surface area (Å²) in [5.74, 6) is 1.87. The van der Waals surface area contributed by atoms with Crippen molar-refractivity contribution >= 4 is 6.72 Å². The number of hydrogen-bond donors (Lipinski definition) is 1. The van der Waals surface area contributed by atoms with E-state index < -0.39 is 0 Å². The standard InChI is InChI=1S/C10H21N3/c1-8-6-9(7-8)4-5-13(3)10(11)12-2/h8-10H,2,4-7,11H2,1,3H3. The fourth-order valence-electron chi connectivity index (χ4n) is 1.96. The van der Waals surface area contributed by atoms with E-state index in [-0.39, 0.29) is 6.29 Å². The average molecular weight is 183 g/mol. The molecule has 0 amide bonds. The zero-order valence-electron chi connectivity index (χ0n) is 8.74. The van der Waals surface area contributed by atoms with Gasteiger partial charge in [-0.25, -0.2) is 0 Å². The molecule has 1 rings (SSSR count). The van der Waals surface area contributed by atoms with E-state index in [0.717, 1.165) is 18.4 Å². The van der Waals surface area contributed by atoms with Gasteiger partial charge in [0.2, 0.25) is 0 Å². The molecule has 1 fully saturated rings. The molecule has 76 valence electrons. The third-order valence-corrected chi connectivity index (χ3v) is 3.00. The van der Waals surface area contributed by atoms with Crippen molar-refractivity contribution in [3.05, 3.63) is 0 Å². The van der Waals surface area contributed by atoms with Crippen molar-refractivity contribution in [3.63, 3.8) is 0 Å². The summed E-state index contributed by atoms with van der Waals surface area (Å²) in [6, 6.07) is 0. The zero-order chi connectivity index (χ0) is 9.84. The number of rotatable bonds is 5. The van der Waals surface area contributed by atoms with Crippen LogP contribution < -0.4 is 5.73 Å². The molecule has 0 saturated heterocycles. The summed E-state index contributed by atoms with van der Waals surface area (Å²) in [5, 5.41) is 0. The quantitative estimate of drug-likeness (QED) is 0.515. The smallest absolute Gasteiger partial charge is 0.152 e. The predicted octanol–water partition coefficient (Wildman–Crippen LogP) is 1.30. The highest BCUT2D eigenvalue weighted by molar-refractivity contribution is 5.23. The Labute approximate surface area is 81.0 Å². The highest BCUT2D eigenvalue weighted by Gasteiger charge is 2.25. The first-order chi connectivity index (χ1) is 6.13. The van der Waals surface area contributed by atoms with Crippen LogP contribution in [0.3, 0.4) is 0 Å². The highest BCUT2D eigenvalue weighted by Crippen LogP contribution is 2.35. The van der Waals surface area contributed by atoms with E-state index in [1.165, 1.54) is 19.3 Å². The Morgan fingerprint density at radius 3 is 2.69 bits per heavy atom. The molecule has 1 aliphatic rings. The van der Waals surface area contributed by atoms with Crippen LogP contribution in [0.25, 0.3) is 0 Å². The van der Waals surface area contributed by atoms with Crippen LogP contribution >= 0.6 is 0 Å². The molecule has 0 bridgehead atoms. The molecule has 0 spiro atoms. The van der Waals surface area contributed by atoms with E-state index in [1.807, 2.05) is 7.05 Å². The van der Waals surface area contributed by atoms with Gasteiger partial charge in [0.25, 0.3) is 0 Å². The van der Waals surface area contributed by atoms with Gasteiger partial charge < -0.3 is 0 Å². The molecule has 0 heterocycles. The number of nitrogens with zero attached hydrogens (tertiary/aromatic N) is 2. The molecule has 0 aromatic rings. The fraction of sp³-hybridized carbons (Fsp3) is 0.900. The highest BCUT2D eigenvalue weighted by atomic mass is 15.3. The summed E-state index contributed by atoms with van der Waals surface area (Å²) in [6.07, 6.45) is 3.82. The third-order valence-electron chi connectivity index (χ3n) is 3.00. The third kappa shape index (κ3) is 3.08. The van der Waals surface area contributed by atoms with Crippen molar-refractivity contribution in [1.82, 2.24) is 4.90 Å². The van der Waals surface area contributed by atoms with E-state index >= 15 is 0 Å². The lowest BCUT2D eigenvalue weighted by Gasteiger charge is -2.34. The summed E-state index contributed by atoms with van der Waals surface area (Å²) in [5.41, 5.74) is 5.69. The number of hydrogen-bond acceptors (Lipinski definition) is 3. The first-order valence-corrected chi connectivity index (χ1v) is 5.05. The monoisotopic (exact) mass is 183 g/mol. The van der Waals surface area contributed by atoms with Crippen LogP contribution in [0.5, 0.6) is 0 Å². The maximum Gasteiger partial charge on any atom is 0.152 e. The van der Waals surface area contributed by atoms with Crippen molar-refractivity contribution in [1.29, 1.82) is 0 Å². The molecule has 1 aliphatic carbocycles. The van der Waals surface area contributed by atoms with Gasteiger partial charge in [-0.3, -0.25) is 15.6 Å².